The molecule has 202 valence electrons. The van der Waals surface area contributed by atoms with Crippen molar-refractivity contribution in [3.63, 3.8) is 0 Å². The van der Waals surface area contributed by atoms with Gasteiger partial charge in [0.05, 0.1) is 30.7 Å². The van der Waals surface area contributed by atoms with E-state index >= 15 is 0 Å². The Morgan fingerprint density at radius 2 is 1.77 bits per heavy atom. The molecular weight excluding hydrogens is 531 g/mol. The number of nitrogens with zero attached hydrogens (tertiary/aromatic N) is 3. The second kappa shape index (κ2) is 12.0. The fourth-order valence-electron chi connectivity index (χ4n) is 3.66. The summed E-state index contributed by atoms with van der Waals surface area (Å²) in [7, 11) is 1.48. The SMILES string of the molecule is COc1cccc(C(=O)NCc2nnc(SCC(=O)Nc3cccc(C)c3)n2-c2cccc(C(F)(F)F)c2)c1. The Kier molecular flexibility index (Phi) is 8.55. The Morgan fingerprint density at radius 1 is 1.00 bits per heavy atom. The van der Waals surface area contributed by atoms with Crippen LogP contribution >= 0.6 is 11.8 Å². The number of hydrogen-bond donors (Lipinski definition) is 2. The summed E-state index contributed by atoms with van der Waals surface area (Å²) in [6.45, 7) is 1.77. The van der Waals surface area contributed by atoms with Crippen LogP contribution in [0.4, 0.5) is 18.9 Å². The molecule has 39 heavy (non-hydrogen) atoms. The van der Waals surface area contributed by atoms with Crippen molar-refractivity contribution in [2.75, 3.05) is 18.2 Å². The Labute approximate surface area is 226 Å². The smallest absolute Gasteiger partial charge is 0.416 e. The van der Waals surface area contributed by atoms with E-state index in [1.54, 1.807) is 30.3 Å². The van der Waals surface area contributed by atoms with Crippen molar-refractivity contribution in [3.05, 3.63) is 95.3 Å². The number of aromatic nitrogens is 3. The van der Waals surface area contributed by atoms with Gasteiger partial charge in [-0.25, -0.2) is 0 Å². The van der Waals surface area contributed by atoms with Gasteiger partial charge in [0.25, 0.3) is 5.91 Å². The highest BCUT2D eigenvalue weighted by molar-refractivity contribution is 7.99. The van der Waals surface area contributed by atoms with Crippen LogP contribution in [-0.4, -0.2) is 39.4 Å². The minimum Gasteiger partial charge on any atom is -0.497 e. The average molecular weight is 556 g/mol. The summed E-state index contributed by atoms with van der Waals surface area (Å²) in [4.78, 5) is 25.3. The fraction of sp³-hybridized carbons (Fsp3) is 0.185. The molecule has 2 N–H and O–H groups in total. The number of alkyl halides is 3. The van der Waals surface area contributed by atoms with Gasteiger partial charge in [-0.15, -0.1) is 10.2 Å². The summed E-state index contributed by atoms with van der Waals surface area (Å²) in [6, 6.07) is 18.5. The lowest BCUT2D eigenvalue weighted by Crippen LogP contribution is -2.24. The van der Waals surface area contributed by atoms with Crippen LogP contribution in [0.5, 0.6) is 5.75 Å². The largest absolute Gasteiger partial charge is 0.497 e. The number of ether oxygens (including phenoxy) is 1. The van der Waals surface area contributed by atoms with Gasteiger partial charge in [-0.1, -0.05) is 36.0 Å². The minimum absolute atomic E-state index is 0.0682. The molecule has 0 aliphatic rings. The number of carbonyl (C=O) groups excluding carboxylic acids is 2. The van der Waals surface area contributed by atoms with Gasteiger partial charge in [-0.2, -0.15) is 13.2 Å². The Morgan fingerprint density at radius 3 is 2.51 bits per heavy atom. The van der Waals surface area contributed by atoms with Crippen molar-refractivity contribution in [2.45, 2.75) is 24.8 Å². The van der Waals surface area contributed by atoms with E-state index in [0.717, 1.165) is 29.5 Å². The van der Waals surface area contributed by atoms with Crippen molar-refractivity contribution in [1.82, 2.24) is 20.1 Å². The number of amides is 2. The van der Waals surface area contributed by atoms with E-state index in [-0.39, 0.29) is 34.9 Å². The van der Waals surface area contributed by atoms with Crippen molar-refractivity contribution >= 4 is 29.3 Å². The van der Waals surface area contributed by atoms with E-state index in [0.29, 0.717) is 17.0 Å². The maximum Gasteiger partial charge on any atom is 0.416 e. The average Bonchev–Trinajstić information content (AvgIpc) is 3.33. The summed E-state index contributed by atoms with van der Waals surface area (Å²) in [5, 5.41) is 13.9. The molecule has 0 fully saturated rings. The zero-order valence-electron chi connectivity index (χ0n) is 21.0. The molecule has 0 aliphatic carbocycles. The topological polar surface area (TPSA) is 98.1 Å². The number of anilines is 1. The molecule has 0 saturated heterocycles. The molecule has 1 heterocycles. The molecule has 3 aromatic carbocycles. The molecule has 0 saturated carbocycles. The first-order chi connectivity index (χ1) is 18.6. The minimum atomic E-state index is -4.56. The molecule has 12 heteroatoms. The highest BCUT2D eigenvalue weighted by atomic mass is 32.2. The molecule has 4 aromatic rings. The number of aryl methyl sites for hydroxylation is 1. The maximum atomic E-state index is 13.4. The van der Waals surface area contributed by atoms with Gasteiger partial charge in [0.15, 0.2) is 11.0 Å². The first kappa shape index (κ1) is 27.7. The molecule has 0 aliphatic heterocycles. The second-order valence-corrected chi connectivity index (χ2v) is 9.35. The molecule has 0 unspecified atom stereocenters. The van der Waals surface area contributed by atoms with E-state index < -0.39 is 17.6 Å². The molecule has 8 nitrogen and oxygen atoms in total. The summed E-state index contributed by atoms with van der Waals surface area (Å²) in [6.07, 6.45) is -4.56. The fourth-order valence-corrected chi connectivity index (χ4v) is 4.44. The normalized spacial score (nSPS) is 11.2. The zero-order valence-corrected chi connectivity index (χ0v) is 21.8. The monoisotopic (exact) mass is 555 g/mol. The van der Waals surface area contributed by atoms with Crippen molar-refractivity contribution in [1.29, 1.82) is 0 Å². The second-order valence-electron chi connectivity index (χ2n) is 8.40. The Hall–Kier alpha value is -4.32. The van der Waals surface area contributed by atoms with Crippen LogP contribution in [0, 0.1) is 6.92 Å². The number of nitrogens with one attached hydrogen (secondary N) is 2. The molecule has 0 radical (unpaired) electrons. The number of rotatable bonds is 9. The molecule has 2 amide bonds. The van der Waals surface area contributed by atoms with Gasteiger partial charge in [0.2, 0.25) is 5.91 Å². The first-order valence-corrected chi connectivity index (χ1v) is 12.7. The van der Waals surface area contributed by atoms with Crippen molar-refractivity contribution in [2.24, 2.45) is 0 Å². The van der Waals surface area contributed by atoms with Crippen molar-refractivity contribution < 1.29 is 27.5 Å². The van der Waals surface area contributed by atoms with Crippen LogP contribution in [0.1, 0.15) is 27.3 Å². The van der Waals surface area contributed by atoms with Crippen LogP contribution < -0.4 is 15.4 Å². The van der Waals surface area contributed by atoms with Gasteiger partial charge in [-0.05, 0) is 61.0 Å². The van der Waals surface area contributed by atoms with Crippen LogP contribution in [0.2, 0.25) is 0 Å². The predicted molar refractivity (Wildman–Crippen MR) is 141 cm³/mol. The number of halogens is 3. The number of benzene rings is 3. The van der Waals surface area contributed by atoms with Crippen LogP contribution in [0.25, 0.3) is 5.69 Å². The van der Waals surface area contributed by atoms with Crippen molar-refractivity contribution in [3.8, 4) is 11.4 Å². The third kappa shape index (κ3) is 7.17. The molecule has 1 aromatic heterocycles. The van der Waals surface area contributed by atoms with Crippen LogP contribution in [0.3, 0.4) is 0 Å². The summed E-state index contributed by atoms with van der Waals surface area (Å²) in [5.41, 5.74) is 1.23. The number of methoxy groups -OCH3 is 1. The molecule has 0 bridgehead atoms. The molecule has 4 rings (SSSR count). The summed E-state index contributed by atoms with van der Waals surface area (Å²) in [5.74, 6) is -0.137. The van der Waals surface area contributed by atoms with Gasteiger partial charge in [0.1, 0.15) is 5.75 Å². The lowest BCUT2D eigenvalue weighted by molar-refractivity contribution is -0.137. The lowest BCUT2D eigenvalue weighted by atomic mass is 10.2. The first-order valence-electron chi connectivity index (χ1n) is 11.7. The van der Waals surface area contributed by atoms with Gasteiger partial charge in [0, 0.05) is 11.3 Å². The van der Waals surface area contributed by atoms with Crippen LogP contribution in [0.15, 0.2) is 78.0 Å². The van der Waals surface area contributed by atoms with Crippen LogP contribution in [-0.2, 0) is 17.5 Å². The lowest BCUT2D eigenvalue weighted by Gasteiger charge is -2.14. The van der Waals surface area contributed by atoms with E-state index in [1.165, 1.54) is 23.8 Å². The zero-order chi connectivity index (χ0) is 28.0. The van der Waals surface area contributed by atoms with Gasteiger partial charge in [-0.3, -0.25) is 14.2 Å². The highest BCUT2D eigenvalue weighted by Crippen LogP contribution is 2.32. The third-order valence-corrected chi connectivity index (χ3v) is 6.43. The van der Waals surface area contributed by atoms with Gasteiger partial charge >= 0.3 is 6.18 Å². The van der Waals surface area contributed by atoms with E-state index in [2.05, 4.69) is 20.8 Å². The highest BCUT2D eigenvalue weighted by Gasteiger charge is 2.31. The van der Waals surface area contributed by atoms with E-state index in [4.69, 9.17) is 4.74 Å². The standard InChI is InChI=1S/C27H24F3N5O3S/c1-17-6-3-9-20(12-17)32-24(36)16-39-26-34-33-23(15-31-25(37)18-7-4-11-22(13-18)38-2)35(26)21-10-5-8-19(14-21)27(28,29)30/h3-14H,15-16H2,1-2H3,(H,31,37)(H,32,36). The summed E-state index contributed by atoms with van der Waals surface area (Å²) < 4.78 is 46.8. The number of thioether (sulfide) groups is 1. The van der Waals surface area contributed by atoms with E-state index in [1.807, 2.05) is 25.1 Å². The molecular formula is C27H24F3N5O3S. The number of hydrogen-bond acceptors (Lipinski definition) is 6. The predicted octanol–water partition coefficient (Wildman–Crippen LogP) is 5.26. The molecule has 0 spiro atoms. The quantitative estimate of drug-likeness (QED) is 0.273. The number of carbonyl (C=O) groups is 2. The summed E-state index contributed by atoms with van der Waals surface area (Å²) >= 11 is 1.01. The third-order valence-electron chi connectivity index (χ3n) is 5.51. The Balaban J connectivity index is 1.57. The molecule has 0 atom stereocenters. The van der Waals surface area contributed by atoms with Gasteiger partial charge < -0.3 is 15.4 Å². The Bertz CT molecular complexity index is 1490. The maximum absolute atomic E-state index is 13.4. The van der Waals surface area contributed by atoms with E-state index in [9.17, 15) is 22.8 Å².